The number of hydrogen-bond donors (Lipinski definition) is 1. The van der Waals surface area contributed by atoms with Crippen LogP contribution in [0.25, 0.3) is 0 Å². The van der Waals surface area contributed by atoms with Crippen molar-refractivity contribution in [1.29, 1.82) is 0 Å². The molecular formula is C21H17Cl2F3O4. The van der Waals surface area contributed by atoms with Crippen LogP contribution in [0.5, 0.6) is 5.75 Å². The lowest BCUT2D eigenvalue weighted by Gasteiger charge is -2.23. The molecule has 1 aliphatic rings. The van der Waals surface area contributed by atoms with E-state index in [0.717, 1.165) is 12.1 Å². The van der Waals surface area contributed by atoms with Gasteiger partial charge in [-0.3, -0.25) is 9.59 Å². The van der Waals surface area contributed by atoms with Gasteiger partial charge in [-0.15, -0.1) is 0 Å². The average molecular weight is 461 g/mol. The molecule has 160 valence electrons. The molecule has 0 saturated heterocycles. The maximum Gasteiger partial charge on any atom is 0.416 e. The molecule has 2 aromatic rings. The number of carbonyl (C=O) groups excluding carboxylic acids is 1. The fourth-order valence-electron chi connectivity index (χ4n) is 3.55. The minimum absolute atomic E-state index is 0.0167. The molecule has 0 aliphatic heterocycles. The van der Waals surface area contributed by atoms with Crippen LogP contribution in [0.1, 0.15) is 46.8 Å². The third kappa shape index (κ3) is 4.14. The Kier molecular flexibility index (Phi) is 6.07. The Morgan fingerprint density at radius 2 is 1.83 bits per heavy atom. The van der Waals surface area contributed by atoms with E-state index in [9.17, 15) is 22.8 Å². The molecule has 0 heterocycles. The molecule has 30 heavy (non-hydrogen) atoms. The van der Waals surface area contributed by atoms with Crippen molar-refractivity contribution in [3.8, 4) is 5.75 Å². The quantitative estimate of drug-likeness (QED) is 0.540. The first-order chi connectivity index (χ1) is 13.9. The zero-order valence-electron chi connectivity index (χ0n) is 15.8. The fourth-order valence-corrected chi connectivity index (χ4v) is 4.05. The summed E-state index contributed by atoms with van der Waals surface area (Å²) in [6, 6.07) is 6.07. The van der Waals surface area contributed by atoms with Gasteiger partial charge in [0.1, 0.15) is 10.8 Å². The first-order valence-electron chi connectivity index (χ1n) is 9.03. The highest BCUT2D eigenvalue weighted by molar-refractivity contribution is 6.45. The van der Waals surface area contributed by atoms with E-state index in [1.807, 2.05) is 0 Å². The first-order valence-corrected chi connectivity index (χ1v) is 9.78. The topological polar surface area (TPSA) is 63.6 Å². The number of alkyl halides is 3. The van der Waals surface area contributed by atoms with Crippen LogP contribution in [0, 0.1) is 0 Å². The Morgan fingerprint density at radius 1 is 1.20 bits per heavy atom. The van der Waals surface area contributed by atoms with Crippen LogP contribution in [-0.2, 0) is 22.8 Å². The van der Waals surface area contributed by atoms with Gasteiger partial charge in [0, 0.05) is 12.0 Å². The predicted octanol–water partition coefficient (Wildman–Crippen LogP) is 5.95. The van der Waals surface area contributed by atoms with Crippen LogP contribution in [0.2, 0.25) is 10.0 Å². The molecule has 4 nitrogen and oxygen atoms in total. The molecule has 0 bridgehead atoms. The van der Waals surface area contributed by atoms with Gasteiger partial charge >= 0.3 is 12.1 Å². The van der Waals surface area contributed by atoms with Gasteiger partial charge in [-0.05, 0) is 49.1 Å². The van der Waals surface area contributed by atoms with E-state index in [2.05, 4.69) is 0 Å². The molecule has 0 aromatic heterocycles. The number of carbonyl (C=O) groups is 2. The Labute approximate surface area is 180 Å². The number of hydrogen-bond acceptors (Lipinski definition) is 3. The number of aliphatic carboxylic acids is 1. The van der Waals surface area contributed by atoms with Crippen molar-refractivity contribution in [2.45, 2.75) is 37.8 Å². The van der Waals surface area contributed by atoms with E-state index in [4.69, 9.17) is 33.0 Å². The summed E-state index contributed by atoms with van der Waals surface area (Å²) in [6.07, 6.45) is -4.05. The number of carboxylic acid groups (broad SMARTS) is 1. The Bertz CT molecular complexity index is 1000. The van der Waals surface area contributed by atoms with E-state index >= 15 is 0 Å². The van der Waals surface area contributed by atoms with E-state index in [1.54, 1.807) is 13.0 Å². The number of carboxylic acids is 1. The minimum atomic E-state index is -4.47. The molecule has 3 rings (SSSR count). The lowest BCUT2D eigenvalue weighted by Crippen LogP contribution is -2.29. The Morgan fingerprint density at radius 3 is 2.40 bits per heavy atom. The van der Waals surface area contributed by atoms with Crippen LogP contribution in [-0.4, -0.2) is 23.5 Å². The lowest BCUT2D eigenvalue weighted by molar-refractivity contribution is -0.138. The largest absolute Gasteiger partial charge is 0.492 e. The first kappa shape index (κ1) is 22.4. The summed E-state index contributed by atoms with van der Waals surface area (Å²) in [6.45, 7) is 1.75. The number of ether oxygens (including phenoxy) is 1. The summed E-state index contributed by atoms with van der Waals surface area (Å²) in [5.41, 5.74) is -0.655. The third-order valence-corrected chi connectivity index (χ3v) is 6.02. The smallest absolute Gasteiger partial charge is 0.416 e. The zero-order valence-corrected chi connectivity index (χ0v) is 17.3. The van der Waals surface area contributed by atoms with Crippen molar-refractivity contribution < 1.29 is 32.6 Å². The van der Waals surface area contributed by atoms with E-state index in [1.165, 1.54) is 12.1 Å². The summed E-state index contributed by atoms with van der Waals surface area (Å²) in [7, 11) is 0. The highest BCUT2D eigenvalue weighted by Crippen LogP contribution is 2.47. The van der Waals surface area contributed by atoms with Gasteiger partial charge in [0.15, 0.2) is 5.78 Å². The monoisotopic (exact) mass is 460 g/mol. The summed E-state index contributed by atoms with van der Waals surface area (Å²) in [5.74, 6) is -1.05. The van der Waals surface area contributed by atoms with Gasteiger partial charge in [-0.25, -0.2) is 0 Å². The van der Waals surface area contributed by atoms with E-state index in [0.29, 0.717) is 11.1 Å². The predicted molar refractivity (Wildman–Crippen MR) is 106 cm³/mol. The Balaban J connectivity index is 1.89. The maximum absolute atomic E-state index is 13.1. The molecular weight excluding hydrogens is 444 g/mol. The molecule has 1 aliphatic carbocycles. The summed E-state index contributed by atoms with van der Waals surface area (Å²) in [4.78, 5) is 23.7. The molecule has 0 amide bonds. The van der Waals surface area contributed by atoms with Gasteiger partial charge in [0.25, 0.3) is 0 Å². The maximum atomic E-state index is 13.1. The highest BCUT2D eigenvalue weighted by Gasteiger charge is 2.45. The molecule has 1 atom stereocenters. The van der Waals surface area contributed by atoms with Crippen LogP contribution in [0.3, 0.4) is 0 Å². The van der Waals surface area contributed by atoms with Crippen molar-refractivity contribution in [3.63, 3.8) is 0 Å². The summed E-state index contributed by atoms with van der Waals surface area (Å²) < 4.78 is 44.1. The number of Topliss-reactive ketones (excluding diaryl/α,β-unsaturated/α-hetero) is 1. The van der Waals surface area contributed by atoms with Crippen molar-refractivity contribution in [2.75, 3.05) is 6.61 Å². The lowest BCUT2D eigenvalue weighted by atomic mass is 9.78. The number of halogens is 5. The molecule has 1 N–H and O–H groups in total. The van der Waals surface area contributed by atoms with Crippen LogP contribution in [0.4, 0.5) is 13.2 Å². The van der Waals surface area contributed by atoms with Crippen LogP contribution >= 0.6 is 23.2 Å². The van der Waals surface area contributed by atoms with Gasteiger partial charge in [-0.2, -0.15) is 13.2 Å². The number of ketones is 1. The van der Waals surface area contributed by atoms with Crippen molar-refractivity contribution in [2.24, 2.45) is 0 Å². The molecule has 1 unspecified atom stereocenters. The van der Waals surface area contributed by atoms with Gasteiger partial charge in [0.2, 0.25) is 0 Å². The Hall–Kier alpha value is -2.25. The third-order valence-electron chi connectivity index (χ3n) is 5.17. The van der Waals surface area contributed by atoms with E-state index < -0.39 is 23.1 Å². The van der Waals surface area contributed by atoms with Crippen molar-refractivity contribution in [1.82, 2.24) is 0 Å². The second-order valence-electron chi connectivity index (χ2n) is 7.30. The normalized spacial score (nSPS) is 18.4. The molecule has 9 heteroatoms. The van der Waals surface area contributed by atoms with Crippen LogP contribution < -0.4 is 4.74 Å². The molecule has 0 radical (unpaired) electrons. The SMILES string of the molecule is CC1(c2ccc(C(F)(F)F)cc2)Cc2cc(OCCCC(=O)O)c(Cl)c(Cl)c2C1=O. The second kappa shape index (κ2) is 8.12. The number of benzene rings is 2. The highest BCUT2D eigenvalue weighted by atomic mass is 35.5. The standard InChI is InChI=1S/C21H17Cl2F3O4/c1-20(12-4-6-13(7-5-12)21(24,25)26)10-11-9-14(30-8-2-3-15(27)28)17(22)18(23)16(11)19(20)29/h4-7,9H,2-3,8,10H2,1H3,(H,27,28). The molecule has 0 saturated carbocycles. The zero-order chi connectivity index (χ0) is 22.3. The molecule has 0 spiro atoms. The van der Waals surface area contributed by atoms with Gasteiger partial charge in [0.05, 0.1) is 22.6 Å². The number of fused-ring (bicyclic) bond motifs is 1. The van der Waals surface area contributed by atoms with Crippen molar-refractivity contribution in [3.05, 3.63) is 62.6 Å². The average Bonchev–Trinajstić information content (AvgIpc) is 2.93. The van der Waals surface area contributed by atoms with Gasteiger partial charge in [-0.1, -0.05) is 35.3 Å². The summed E-state index contributed by atoms with van der Waals surface area (Å²) >= 11 is 12.6. The minimum Gasteiger partial charge on any atom is -0.492 e. The number of rotatable bonds is 6. The summed E-state index contributed by atoms with van der Waals surface area (Å²) in [5, 5.41) is 8.74. The van der Waals surface area contributed by atoms with E-state index in [-0.39, 0.29) is 53.0 Å². The van der Waals surface area contributed by atoms with Gasteiger partial charge < -0.3 is 9.84 Å². The van der Waals surface area contributed by atoms with Crippen molar-refractivity contribution >= 4 is 35.0 Å². The van der Waals surface area contributed by atoms with Crippen LogP contribution in [0.15, 0.2) is 30.3 Å². The second-order valence-corrected chi connectivity index (χ2v) is 8.05. The fraction of sp³-hybridized carbons (Fsp3) is 0.333. The molecule has 0 fully saturated rings. The molecule has 2 aromatic carbocycles.